The van der Waals surface area contributed by atoms with E-state index in [1.807, 2.05) is 19.1 Å². The molecule has 1 aliphatic rings. The Balaban J connectivity index is 1.88. The van der Waals surface area contributed by atoms with Gasteiger partial charge in [0.2, 0.25) is 0 Å². The predicted octanol–water partition coefficient (Wildman–Crippen LogP) is 4.33. The van der Waals surface area contributed by atoms with E-state index in [2.05, 4.69) is 42.6 Å². The summed E-state index contributed by atoms with van der Waals surface area (Å²) in [5.74, 6) is 1.90. The smallest absolute Gasteiger partial charge is 0.142 e. The maximum absolute atomic E-state index is 5.75. The van der Waals surface area contributed by atoms with Gasteiger partial charge in [-0.25, -0.2) is 0 Å². The summed E-state index contributed by atoms with van der Waals surface area (Å²) >= 11 is 0. The van der Waals surface area contributed by atoms with E-state index in [0.29, 0.717) is 6.61 Å². The number of anilines is 1. The molecule has 0 fully saturated rings. The quantitative estimate of drug-likeness (QED) is 0.906. The molecule has 0 aromatic heterocycles. The minimum Gasteiger partial charge on any atom is -0.493 e. The number of para-hydroxylation sites is 1. The minimum absolute atomic E-state index is 0.261. The van der Waals surface area contributed by atoms with Crippen LogP contribution in [0.15, 0.2) is 42.5 Å². The van der Waals surface area contributed by atoms with Crippen molar-refractivity contribution in [2.24, 2.45) is 0 Å². The highest BCUT2D eigenvalue weighted by Gasteiger charge is 2.21. The van der Waals surface area contributed by atoms with Gasteiger partial charge < -0.3 is 14.8 Å². The standard InChI is InChI=1S/C18H21NO2/c1-3-20-18-12-13(2)8-9-16(18)19-15-10-11-21-17-7-5-4-6-14(15)17/h4-9,12,15,19H,3,10-11H2,1-2H3. The van der Waals surface area contributed by atoms with Gasteiger partial charge in [-0.1, -0.05) is 24.3 Å². The van der Waals surface area contributed by atoms with Crippen molar-refractivity contribution in [3.05, 3.63) is 53.6 Å². The molecule has 2 aromatic rings. The van der Waals surface area contributed by atoms with Crippen LogP contribution in [0.5, 0.6) is 11.5 Å². The molecule has 0 spiro atoms. The van der Waals surface area contributed by atoms with Crippen molar-refractivity contribution in [1.29, 1.82) is 0 Å². The second kappa shape index (κ2) is 6.08. The van der Waals surface area contributed by atoms with E-state index in [1.165, 1.54) is 11.1 Å². The van der Waals surface area contributed by atoms with Gasteiger partial charge in [-0.05, 0) is 37.6 Å². The van der Waals surface area contributed by atoms with Gasteiger partial charge in [0.25, 0.3) is 0 Å². The Morgan fingerprint density at radius 3 is 2.95 bits per heavy atom. The number of hydrogen-bond donors (Lipinski definition) is 1. The molecule has 1 N–H and O–H groups in total. The zero-order valence-electron chi connectivity index (χ0n) is 12.6. The molecule has 0 bridgehead atoms. The molecule has 1 atom stereocenters. The molecule has 3 rings (SSSR count). The third-order valence-corrected chi connectivity index (χ3v) is 3.73. The largest absolute Gasteiger partial charge is 0.493 e. The SMILES string of the molecule is CCOc1cc(C)ccc1NC1CCOc2ccccc21. The van der Waals surface area contributed by atoms with Gasteiger partial charge in [-0.15, -0.1) is 0 Å². The lowest BCUT2D eigenvalue weighted by Crippen LogP contribution is -2.20. The Morgan fingerprint density at radius 1 is 1.24 bits per heavy atom. The first kappa shape index (κ1) is 13.8. The molecule has 1 aliphatic heterocycles. The molecule has 110 valence electrons. The van der Waals surface area contributed by atoms with Crippen LogP contribution in [0.25, 0.3) is 0 Å². The number of fused-ring (bicyclic) bond motifs is 1. The third-order valence-electron chi connectivity index (χ3n) is 3.73. The van der Waals surface area contributed by atoms with Crippen LogP contribution in [-0.2, 0) is 0 Å². The van der Waals surface area contributed by atoms with Gasteiger partial charge in [0.05, 0.1) is 24.9 Å². The average Bonchev–Trinajstić information content (AvgIpc) is 2.50. The maximum atomic E-state index is 5.75. The molecule has 21 heavy (non-hydrogen) atoms. The Bertz CT molecular complexity index is 624. The Kier molecular flexibility index (Phi) is 4.00. The second-order valence-electron chi connectivity index (χ2n) is 5.30. The summed E-state index contributed by atoms with van der Waals surface area (Å²) in [6.45, 7) is 5.50. The van der Waals surface area contributed by atoms with E-state index in [0.717, 1.165) is 30.2 Å². The molecular weight excluding hydrogens is 262 g/mol. The van der Waals surface area contributed by atoms with Crippen molar-refractivity contribution in [2.75, 3.05) is 18.5 Å². The number of aryl methyl sites for hydroxylation is 1. The van der Waals surface area contributed by atoms with Gasteiger partial charge in [-0.2, -0.15) is 0 Å². The molecule has 1 unspecified atom stereocenters. The highest BCUT2D eigenvalue weighted by molar-refractivity contribution is 5.59. The average molecular weight is 283 g/mol. The Morgan fingerprint density at radius 2 is 2.10 bits per heavy atom. The highest BCUT2D eigenvalue weighted by Crippen LogP contribution is 2.36. The second-order valence-corrected chi connectivity index (χ2v) is 5.30. The summed E-state index contributed by atoms with van der Waals surface area (Å²) in [6.07, 6.45) is 0.955. The van der Waals surface area contributed by atoms with Crippen LogP contribution in [-0.4, -0.2) is 13.2 Å². The summed E-state index contributed by atoms with van der Waals surface area (Å²) in [4.78, 5) is 0. The lowest BCUT2D eigenvalue weighted by atomic mass is 10.00. The third kappa shape index (κ3) is 2.97. The molecule has 2 aromatic carbocycles. The monoisotopic (exact) mass is 283 g/mol. The number of benzene rings is 2. The van der Waals surface area contributed by atoms with Gasteiger partial charge in [0.1, 0.15) is 11.5 Å². The van der Waals surface area contributed by atoms with E-state index < -0.39 is 0 Å². The van der Waals surface area contributed by atoms with Crippen molar-refractivity contribution >= 4 is 5.69 Å². The molecule has 0 saturated carbocycles. The van der Waals surface area contributed by atoms with E-state index in [9.17, 15) is 0 Å². The van der Waals surface area contributed by atoms with Crippen LogP contribution < -0.4 is 14.8 Å². The number of ether oxygens (including phenoxy) is 2. The number of rotatable bonds is 4. The molecule has 0 radical (unpaired) electrons. The van der Waals surface area contributed by atoms with Crippen molar-refractivity contribution in [1.82, 2.24) is 0 Å². The summed E-state index contributed by atoms with van der Waals surface area (Å²) < 4.78 is 11.5. The fraction of sp³-hybridized carbons (Fsp3) is 0.333. The molecule has 3 heteroatoms. The summed E-state index contributed by atoms with van der Waals surface area (Å²) in [5, 5.41) is 3.61. The molecule has 3 nitrogen and oxygen atoms in total. The molecule has 0 amide bonds. The van der Waals surface area contributed by atoms with E-state index in [4.69, 9.17) is 9.47 Å². The minimum atomic E-state index is 0.261. The first-order valence-corrected chi connectivity index (χ1v) is 7.49. The lowest BCUT2D eigenvalue weighted by Gasteiger charge is -2.28. The molecule has 1 heterocycles. The van der Waals surface area contributed by atoms with Crippen molar-refractivity contribution < 1.29 is 9.47 Å². The zero-order chi connectivity index (χ0) is 14.7. The van der Waals surface area contributed by atoms with Crippen molar-refractivity contribution in [2.45, 2.75) is 26.3 Å². The van der Waals surface area contributed by atoms with E-state index in [-0.39, 0.29) is 6.04 Å². The molecule has 0 aliphatic carbocycles. The highest BCUT2D eigenvalue weighted by atomic mass is 16.5. The van der Waals surface area contributed by atoms with Crippen LogP contribution in [0.1, 0.15) is 30.5 Å². The van der Waals surface area contributed by atoms with Crippen LogP contribution in [0.2, 0.25) is 0 Å². The first-order chi connectivity index (χ1) is 10.3. The molecular formula is C18H21NO2. The number of hydrogen-bond acceptors (Lipinski definition) is 3. The van der Waals surface area contributed by atoms with E-state index in [1.54, 1.807) is 0 Å². The summed E-state index contributed by atoms with van der Waals surface area (Å²) in [7, 11) is 0. The zero-order valence-corrected chi connectivity index (χ0v) is 12.6. The van der Waals surface area contributed by atoms with Crippen LogP contribution in [0.3, 0.4) is 0 Å². The summed E-state index contributed by atoms with van der Waals surface area (Å²) in [6, 6.07) is 14.8. The van der Waals surface area contributed by atoms with E-state index >= 15 is 0 Å². The van der Waals surface area contributed by atoms with Gasteiger partial charge >= 0.3 is 0 Å². The number of nitrogens with one attached hydrogen (secondary N) is 1. The van der Waals surface area contributed by atoms with Crippen LogP contribution in [0.4, 0.5) is 5.69 Å². The first-order valence-electron chi connectivity index (χ1n) is 7.49. The Hall–Kier alpha value is -2.16. The van der Waals surface area contributed by atoms with Crippen LogP contribution >= 0.6 is 0 Å². The fourth-order valence-electron chi connectivity index (χ4n) is 2.70. The maximum Gasteiger partial charge on any atom is 0.142 e. The lowest BCUT2D eigenvalue weighted by molar-refractivity contribution is 0.274. The van der Waals surface area contributed by atoms with Gasteiger partial charge in [0, 0.05) is 12.0 Å². The predicted molar refractivity (Wildman–Crippen MR) is 85.3 cm³/mol. The van der Waals surface area contributed by atoms with Gasteiger partial charge in [0.15, 0.2) is 0 Å². The van der Waals surface area contributed by atoms with Gasteiger partial charge in [-0.3, -0.25) is 0 Å². The van der Waals surface area contributed by atoms with Crippen molar-refractivity contribution in [3.63, 3.8) is 0 Å². The van der Waals surface area contributed by atoms with Crippen molar-refractivity contribution in [3.8, 4) is 11.5 Å². The topological polar surface area (TPSA) is 30.5 Å². The Labute approximate surface area is 125 Å². The fourth-order valence-corrected chi connectivity index (χ4v) is 2.70. The molecule has 0 saturated heterocycles. The normalized spacial score (nSPS) is 16.8. The summed E-state index contributed by atoms with van der Waals surface area (Å²) in [5.41, 5.74) is 3.47. The van der Waals surface area contributed by atoms with Crippen LogP contribution in [0, 0.1) is 6.92 Å².